The van der Waals surface area contributed by atoms with Crippen molar-refractivity contribution in [3.05, 3.63) is 65.9 Å². The molecule has 3 aromatic rings. The molecule has 0 radical (unpaired) electrons. The fourth-order valence-electron chi connectivity index (χ4n) is 4.85. The highest BCUT2D eigenvalue weighted by Crippen LogP contribution is 2.43. The van der Waals surface area contributed by atoms with Gasteiger partial charge in [-0.3, -0.25) is 9.89 Å². The Morgan fingerprint density at radius 3 is 2.85 bits per heavy atom. The molecule has 5 heteroatoms. The van der Waals surface area contributed by atoms with E-state index in [1.807, 2.05) is 29.2 Å². The number of hydrogen-bond donors (Lipinski definition) is 2. The van der Waals surface area contributed by atoms with Crippen molar-refractivity contribution in [2.75, 3.05) is 26.2 Å². The average Bonchev–Trinajstić information content (AvgIpc) is 3.39. The summed E-state index contributed by atoms with van der Waals surface area (Å²) in [6.45, 7) is 3.63. The zero-order valence-corrected chi connectivity index (χ0v) is 15.3. The highest BCUT2D eigenvalue weighted by Gasteiger charge is 2.50. The van der Waals surface area contributed by atoms with E-state index >= 15 is 0 Å². The maximum absolute atomic E-state index is 13.2. The number of likely N-dealkylation sites (tertiary alicyclic amines) is 1. The van der Waals surface area contributed by atoms with Crippen LogP contribution in [-0.2, 0) is 6.42 Å². The lowest BCUT2D eigenvalue weighted by Crippen LogP contribution is -2.36. The largest absolute Gasteiger partial charge is 0.336 e. The van der Waals surface area contributed by atoms with Crippen LogP contribution >= 0.6 is 0 Å². The molecule has 0 spiro atoms. The molecule has 1 amide bonds. The van der Waals surface area contributed by atoms with E-state index in [4.69, 9.17) is 0 Å². The maximum Gasteiger partial charge on any atom is 0.275 e. The molecule has 0 saturated carbocycles. The van der Waals surface area contributed by atoms with Crippen molar-refractivity contribution in [2.24, 2.45) is 11.3 Å². The van der Waals surface area contributed by atoms with Crippen LogP contribution in [0.1, 0.15) is 22.5 Å². The summed E-state index contributed by atoms with van der Waals surface area (Å²) < 4.78 is 0. The van der Waals surface area contributed by atoms with Gasteiger partial charge in [-0.25, -0.2) is 0 Å². The van der Waals surface area contributed by atoms with Crippen molar-refractivity contribution in [1.82, 2.24) is 20.4 Å². The number of carbonyl (C=O) groups is 1. The minimum atomic E-state index is 0.0564. The Morgan fingerprint density at radius 2 is 1.96 bits per heavy atom. The van der Waals surface area contributed by atoms with Crippen molar-refractivity contribution in [2.45, 2.75) is 12.8 Å². The predicted octanol–water partition coefficient (Wildman–Crippen LogP) is 2.86. The lowest BCUT2D eigenvalue weighted by Gasteiger charge is -2.28. The molecule has 2 N–H and O–H groups in total. The summed E-state index contributed by atoms with van der Waals surface area (Å²) in [7, 11) is 0. The molecular weight excluding hydrogens is 336 g/mol. The third-order valence-electron chi connectivity index (χ3n) is 6.39. The van der Waals surface area contributed by atoms with E-state index in [0.29, 0.717) is 11.6 Å². The first-order valence-corrected chi connectivity index (χ1v) is 9.72. The van der Waals surface area contributed by atoms with Gasteiger partial charge in [0.25, 0.3) is 5.91 Å². The van der Waals surface area contributed by atoms with E-state index in [1.54, 1.807) is 0 Å². The second-order valence-electron chi connectivity index (χ2n) is 7.98. The molecule has 2 aromatic carbocycles. The zero-order chi connectivity index (χ0) is 18.3. The molecule has 2 aliphatic rings. The van der Waals surface area contributed by atoms with Crippen LogP contribution in [0.2, 0.25) is 0 Å². The van der Waals surface area contributed by atoms with Gasteiger partial charge >= 0.3 is 0 Å². The molecule has 2 aliphatic heterocycles. The molecule has 2 fully saturated rings. The number of aromatic nitrogens is 2. The number of nitrogens with zero attached hydrogens (tertiary/aromatic N) is 2. The first-order chi connectivity index (χ1) is 13.3. The van der Waals surface area contributed by atoms with Gasteiger partial charge in [0.2, 0.25) is 0 Å². The van der Waals surface area contributed by atoms with Crippen LogP contribution in [0.5, 0.6) is 0 Å². The van der Waals surface area contributed by atoms with E-state index in [1.165, 1.54) is 5.56 Å². The summed E-state index contributed by atoms with van der Waals surface area (Å²) in [4.78, 5) is 15.2. The first kappa shape index (κ1) is 16.5. The number of amides is 1. The summed E-state index contributed by atoms with van der Waals surface area (Å²) in [5.74, 6) is 0.580. The van der Waals surface area contributed by atoms with Gasteiger partial charge < -0.3 is 10.2 Å². The summed E-state index contributed by atoms with van der Waals surface area (Å²) >= 11 is 0. The SMILES string of the molecule is O=C(c1n[nH]c2ccccc12)N1CC2CNCC2(CCc2ccccc2)C1. The third kappa shape index (κ3) is 2.82. The van der Waals surface area contributed by atoms with Crippen LogP contribution < -0.4 is 5.32 Å². The van der Waals surface area contributed by atoms with Crippen LogP contribution in [0.3, 0.4) is 0 Å². The van der Waals surface area contributed by atoms with Gasteiger partial charge in [-0.2, -0.15) is 5.10 Å². The second-order valence-corrected chi connectivity index (χ2v) is 7.98. The molecule has 5 rings (SSSR count). The molecule has 2 unspecified atom stereocenters. The molecule has 0 aliphatic carbocycles. The number of aryl methyl sites for hydroxylation is 1. The van der Waals surface area contributed by atoms with E-state index in [9.17, 15) is 4.79 Å². The van der Waals surface area contributed by atoms with Crippen LogP contribution in [0.25, 0.3) is 10.9 Å². The van der Waals surface area contributed by atoms with Gasteiger partial charge in [0.1, 0.15) is 0 Å². The molecule has 2 atom stereocenters. The summed E-state index contributed by atoms with van der Waals surface area (Å²) in [6, 6.07) is 18.5. The number of para-hydroxylation sites is 1. The molecule has 0 bridgehead atoms. The van der Waals surface area contributed by atoms with Crippen LogP contribution in [-0.4, -0.2) is 47.2 Å². The number of hydrogen-bond acceptors (Lipinski definition) is 3. The maximum atomic E-state index is 13.2. The van der Waals surface area contributed by atoms with E-state index in [-0.39, 0.29) is 11.3 Å². The molecule has 5 nitrogen and oxygen atoms in total. The molecule has 3 heterocycles. The average molecular weight is 360 g/mol. The minimum Gasteiger partial charge on any atom is -0.336 e. The summed E-state index contributed by atoms with van der Waals surface area (Å²) in [5.41, 5.74) is 3.02. The topological polar surface area (TPSA) is 61.0 Å². The number of benzene rings is 2. The van der Waals surface area contributed by atoms with Gasteiger partial charge in [-0.15, -0.1) is 0 Å². The van der Waals surface area contributed by atoms with E-state index in [0.717, 1.165) is 49.9 Å². The minimum absolute atomic E-state index is 0.0564. The highest BCUT2D eigenvalue weighted by atomic mass is 16.2. The molecule has 2 saturated heterocycles. The smallest absolute Gasteiger partial charge is 0.275 e. The van der Waals surface area contributed by atoms with E-state index in [2.05, 4.69) is 45.8 Å². The zero-order valence-electron chi connectivity index (χ0n) is 15.3. The Balaban J connectivity index is 1.36. The number of fused-ring (bicyclic) bond motifs is 2. The quantitative estimate of drug-likeness (QED) is 0.752. The van der Waals surface area contributed by atoms with Crippen LogP contribution in [0, 0.1) is 11.3 Å². The lowest BCUT2D eigenvalue weighted by molar-refractivity contribution is 0.0765. The number of aromatic amines is 1. The van der Waals surface area contributed by atoms with Crippen molar-refractivity contribution in [3.8, 4) is 0 Å². The van der Waals surface area contributed by atoms with Crippen molar-refractivity contribution in [3.63, 3.8) is 0 Å². The van der Waals surface area contributed by atoms with Crippen molar-refractivity contribution in [1.29, 1.82) is 0 Å². The van der Waals surface area contributed by atoms with Gasteiger partial charge in [-0.05, 0) is 30.4 Å². The standard InChI is InChI=1S/C22H24N4O/c27-21(20-18-8-4-5-9-19(18)24-25-20)26-13-17-12-23-14-22(17,15-26)11-10-16-6-2-1-3-7-16/h1-9,17,23H,10-15H2,(H,24,25). The number of carbonyl (C=O) groups excluding carboxylic acids is 1. The predicted molar refractivity (Wildman–Crippen MR) is 106 cm³/mol. The molecular formula is C22H24N4O. The fourth-order valence-corrected chi connectivity index (χ4v) is 4.85. The number of H-pyrrole nitrogens is 1. The van der Waals surface area contributed by atoms with Gasteiger partial charge in [0.05, 0.1) is 5.52 Å². The summed E-state index contributed by atoms with van der Waals surface area (Å²) in [6.07, 6.45) is 2.17. The molecule has 1 aromatic heterocycles. The summed E-state index contributed by atoms with van der Waals surface area (Å²) in [5, 5.41) is 11.8. The van der Waals surface area contributed by atoms with Gasteiger partial charge in [0, 0.05) is 37.0 Å². The Labute approximate surface area is 158 Å². The van der Waals surface area contributed by atoms with E-state index < -0.39 is 0 Å². The van der Waals surface area contributed by atoms with Crippen LogP contribution in [0.4, 0.5) is 0 Å². The lowest BCUT2D eigenvalue weighted by atomic mass is 9.76. The monoisotopic (exact) mass is 360 g/mol. The first-order valence-electron chi connectivity index (χ1n) is 9.72. The molecule has 138 valence electrons. The number of rotatable bonds is 4. The Kier molecular flexibility index (Phi) is 3.97. The van der Waals surface area contributed by atoms with Crippen LogP contribution in [0.15, 0.2) is 54.6 Å². The van der Waals surface area contributed by atoms with Gasteiger partial charge in [-0.1, -0.05) is 48.5 Å². The highest BCUT2D eigenvalue weighted by molar-refractivity contribution is 6.04. The van der Waals surface area contributed by atoms with Gasteiger partial charge in [0.15, 0.2) is 5.69 Å². The van der Waals surface area contributed by atoms with Crippen molar-refractivity contribution >= 4 is 16.8 Å². The second kappa shape index (κ2) is 6.50. The normalized spacial score (nSPS) is 24.4. The Morgan fingerprint density at radius 1 is 1.15 bits per heavy atom. The third-order valence-corrected chi connectivity index (χ3v) is 6.39. The Bertz CT molecular complexity index is 967. The number of nitrogens with one attached hydrogen (secondary N) is 2. The Hall–Kier alpha value is -2.66. The molecule has 27 heavy (non-hydrogen) atoms. The van der Waals surface area contributed by atoms with Crippen molar-refractivity contribution < 1.29 is 4.79 Å². The fraction of sp³-hybridized carbons (Fsp3) is 0.364.